The highest BCUT2D eigenvalue weighted by Gasteiger charge is 2.10. The molecule has 0 radical (unpaired) electrons. The van der Waals surface area contributed by atoms with Gasteiger partial charge in [-0.05, 0) is 0 Å². The maximum atomic E-state index is 12.8. The molecule has 0 aliphatic heterocycles. The Kier molecular flexibility index (Phi) is 3.67. The van der Waals surface area contributed by atoms with E-state index in [2.05, 4.69) is 4.84 Å². The van der Waals surface area contributed by atoms with E-state index in [1.54, 1.807) is 0 Å². The summed E-state index contributed by atoms with van der Waals surface area (Å²) in [5, 5.41) is 9.41. The molecule has 78 valence electrons. The Labute approximate surface area is 81.0 Å². The molecule has 0 spiro atoms. The second-order valence-electron chi connectivity index (χ2n) is 2.73. The number of hydrogen-bond acceptors (Lipinski definition) is 4. The molecule has 1 aromatic rings. The summed E-state index contributed by atoms with van der Waals surface area (Å²) in [6, 6.07) is 2.22. The van der Waals surface area contributed by atoms with Crippen LogP contribution in [0.3, 0.4) is 0 Å². The SMILES string of the molecule is COc1cc(F)cc(O)c1CCON. The Balaban J connectivity index is 2.99. The standard InChI is InChI=1S/C9H12FNO3/c1-13-9-5-6(10)4-8(12)7(9)2-3-14-11/h4-5,12H,2-3,11H2,1H3. The average Bonchev–Trinajstić information content (AvgIpc) is 2.15. The molecule has 0 fully saturated rings. The van der Waals surface area contributed by atoms with Gasteiger partial charge in [0.15, 0.2) is 0 Å². The third kappa shape index (κ3) is 2.34. The molecule has 0 unspecified atom stereocenters. The molecular weight excluding hydrogens is 189 g/mol. The largest absolute Gasteiger partial charge is 0.507 e. The third-order valence-corrected chi connectivity index (χ3v) is 1.84. The minimum Gasteiger partial charge on any atom is -0.507 e. The van der Waals surface area contributed by atoms with E-state index in [0.29, 0.717) is 17.7 Å². The van der Waals surface area contributed by atoms with Crippen LogP contribution in [0.15, 0.2) is 12.1 Å². The number of phenolic OH excluding ortho intramolecular Hbond substituents is 1. The molecule has 0 atom stereocenters. The van der Waals surface area contributed by atoms with Gasteiger partial charge in [0, 0.05) is 24.1 Å². The van der Waals surface area contributed by atoms with Crippen LogP contribution < -0.4 is 10.6 Å². The van der Waals surface area contributed by atoms with E-state index in [-0.39, 0.29) is 12.4 Å². The lowest BCUT2D eigenvalue weighted by atomic mass is 10.1. The number of ether oxygens (including phenoxy) is 1. The van der Waals surface area contributed by atoms with E-state index in [9.17, 15) is 9.50 Å². The quantitative estimate of drug-likeness (QED) is 0.712. The van der Waals surface area contributed by atoms with E-state index in [4.69, 9.17) is 10.6 Å². The van der Waals surface area contributed by atoms with Crippen molar-refractivity contribution in [2.45, 2.75) is 6.42 Å². The van der Waals surface area contributed by atoms with Crippen molar-refractivity contribution in [3.05, 3.63) is 23.5 Å². The maximum absolute atomic E-state index is 12.8. The molecule has 4 nitrogen and oxygen atoms in total. The first-order valence-corrected chi connectivity index (χ1v) is 4.06. The molecule has 0 amide bonds. The molecular formula is C9H12FNO3. The highest BCUT2D eigenvalue weighted by atomic mass is 19.1. The van der Waals surface area contributed by atoms with Crippen LogP contribution in [-0.4, -0.2) is 18.8 Å². The van der Waals surface area contributed by atoms with E-state index in [0.717, 1.165) is 6.07 Å². The second-order valence-corrected chi connectivity index (χ2v) is 2.73. The molecule has 0 aliphatic carbocycles. The van der Waals surface area contributed by atoms with Gasteiger partial charge in [0.05, 0.1) is 13.7 Å². The van der Waals surface area contributed by atoms with Crippen molar-refractivity contribution in [2.24, 2.45) is 5.90 Å². The number of hydrogen-bond donors (Lipinski definition) is 2. The summed E-state index contributed by atoms with van der Waals surface area (Å²) in [6.07, 6.45) is 0.367. The first-order valence-electron chi connectivity index (χ1n) is 4.06. The summed E-state index contributed by atoms with van der Waals surface area (Å²) in [7, 11) is 1.40. The molecule has 5 heteroatoms. The summed E-state index contributed by atoms with van der Waals surface area (Å²) < 4.78 is 17.7. The van der Waals surface area contributed by atoms with Crippen LogP contribution in [0.4, 0.5) is 4.39 Å². The summed E-state index contributed by atoms with van der Waals surface area (Å²) in [4.78, 5) is 4.37. The molecule has 0 saturated heterocycles. The number of aromatic hydroxyl groups is 1. The lowest BCUT2D eigenvalue weighted by Gasteiger charge is -2.09. The van der Waals surface area contributed by atoms with E-state index in [1.807, 2.05) is 0 Å². The Morgan fingerprint density at radius 2 is 2.21 bits per heavy atom. The summed E-state index contributed by atoms with van der Waals surface area (Å²) in [5.41, 5.74) is 0.486. The van der Waals surface area contributed by atoms with Crippen molar-refractivity contribution in [1.82, 2.24) is 0 Å². The van der Waals surface area contributed by atoms with Gasteiger partial charge in [0.2, 0.25) is 0 Å². The predicted molar refractivity (Wildman–Crippen MR) is 48.5 cm³/mol. The van der Waals surface area contributed by atoms with Gasteiger partial charge >= 0.3 is 0 Å². The van der Waals surface area contributed by atoms with Crippen molar-refractivity contribution in [3.8, 4) is 11.5 Å². The van der Waals surface area contributed by atoms with Gasteiger partial charge in [-0.25, -0.2) is 10.3 Å². The first kappa shape index (κ1) is 10.7. The minimum absolute atomic E-state index is 0.154. The van der Waals surface area contributed by atoms with Crippen LogP contribution in [0.25, 0.3) is 0 Å². The van der Waals surface area contributed by atoms with Crippen LogP contribution in [0.5, 0.6) is 11.5 Å². The molecule has 1 aromatic carbocycles. The number of halogens is 1. The molecule has 0 aliphatic rings. The number of methoxy groups -OCH3 is 1. The first-order chi connectivity index (χ1) is 6.69. The number of phenols is 1. The summed E-state index contributed by atoms with van der Waals surface area (Å²) >= 11 is 0. The molecule has 0 saturated carbocycles. The van der Waals surface area contributed by atoms with Crippen molar-refractivity contribution < 1.29 is 19.1 Å². The Morgan fingerprint density at radius 1 is 1.50 bits per heavy atom. The Hall–Kier alpha value is -1.33. The topological polar surface area (TPSA) is 64.7 Å². The fourth-order valence-electron chi connectivity index (χ4n) is 1.19. The molecule has 3 N–H and O–H groups in total. The van der Waals surface area contributed by atoms with Crippen molar-refractivity contribution in [2.75, 3.05) is 13.7 Å². The zero-order valence-corrected chi connectivity index (χ0v) is 7.79. The lowest BCUT2D eigenvalue weighted by molar-refractivity contribution is 0.140. The fourth-order valence-corrected chi connectivity index (χ4v) is 1.19. The van der Waals surface area contributed by atoms with Crippen molar-refractivity contribution >= 4 is 0 Å². The zero-order valence-electron chi connectivity index (χ0n) is 7.79. The predicted octanol–water partition coefficient (Wildman–Crippen LogP) is 0.973. The fraction of sp³-hybridized carbons (Fsp3) is 0.333. The highest BCUT2D eigenvalue weighted by Crippen LogP contribution is 2.29. The van der Waals surface area contributed by atoms with E-state index in [1.165, 1.54) is 13.2 Å². The zero-order chi connectivity index (χ0) is 10.6. The van der Waals surface area contributed by atoms with Crippen molar-refractivity contribution in [3.63, 3.8) is 0 Å². The van der Waals surface area contributed by atoms with Crippen LogP contribution in [-0.2, 0) is 11.3 Å². The molecule has 0 heterocycles. The van der Waals surface area contributed by atoms with Gasteiger partial charge in [0.25, 0.3) is 0 Å². The molecule has 0 aromatic heterocycles. The highest BCUT2D eigenvalue weighted by molar-refractivity contribution is 5.44. The second kappa shape index (κ2) is 4.78. The normalized spacial score (nSPS) is 10.2. The summed E-state index contributed by atoms with van der Waals surface area (Å²) in [5.74, 6) is 4.44. The molecule has 14 heavy (non-hydrogen) atoms. The lowest BCUT2D eigenvalue weighted by Crippen LogP contribution is -2.05. The van der Waals surface area contributed by atoms with E-state index < -0.39 is 5.82 Å². The van der Waals surface area contributed by atoms with Gasteiger partial charge < -0.3 is 14.7 Å². The Morgan fingerprint density at radius 3 is 2.79 bits per heavy atom. The minimum atomic E-state index is -0.545. The van der Waals surface area contributed by atoms with Crippen molar-refractivity contribution in [1.29, 1.82) is 0 Å². The number of rotatable bonds is 4. The Bertz CT molecular complexity index is 317. The molecule has 1 rings (SSSR count). The van der Waals surface area contributed by atoms with Gasteiger partial charge in [0.1, 0.15) is 17.3 Å². The van der Waals surface area contributed by atoms with Crippen LogP contribution in [0.2, 0.25) is 0 Å². The van der Waals surface area contributed by atoms with Gasteiger partial charge in [-0.3, -0.25) is 0 Å². The average molecular weight is 201 g/mol. The number of benzene rings is 1. The monoisotopic (exact) mass is 201 g/mol. The maximum Gasteiger partial charge on any atom is 0.130 e. The van der Waals surface area contributed by atoms with E-state index >= 15 is 0 Å². The van der Waals surface area contributed by atoms with Gasteiger partial charge in [-0.2, -0.15) is 0 Å². The van der Waals surface area contributed by atoms with Crippen LogP contribution >= 0.6 is 0 Å². The smallest absolute Gasteiger partial charge is 0.130 e. The van der Waals surface area contributed by atoms with Crippen LogP contribution in [0.1, 0.15) is 5.56 Å². The van der Waals surface area contributed by atoms with Gasteiger partial charge in [-0.15, -0.1) is 0 Å². The van der Waals surface area contributed by atoms with Crippen LogP contribution in [0, 0.1) is 5.82 Å². The molecule has 0 bridgehead atoms. The third-order valence-electron chi connectivity index (χ3n) is 1.84. The number of nitrogens with two attached hydrogens (primary N) is 1. The van der Waals surface area contributed by atoms with Gasteiger partial charge in [-0.1, -0.05) is 0 Å². The summed E-state index contributed by atoms with van der Waals surface area (Å²) in [6.45, 7) is 0.232.